The van der Waals surface area contributed by atoms with Crippen LogP contribution in [0.3, 0.4) is 0 Å². The molecule has 4 nitrogen and oxygen atoms in total. The van der Waals surface area contributed by atoms with Crippen molar-refractivity contribution in [3.8, 4) is 0 Å². The van der Waals surface area contributed by atoms with Gasteiger partial charge in [0.25, 0.3) is 5.91 Å². The number of benzene rings is 2. The first kappa shape index (κ1) is 21.7. The van der Waals surface area contributed by atoms with Crippen LogP contribution < -0.4 is 10.2 Å². The number of rotatable bonds is 9. The predicted octanol–water partition coefficient (Wildman–Crippen LogP) is 5.55. The van der Waals surface area contributed by atoms with E-state index in [-0.39, 0.29) is 5.91 Å². The van der Waals surface area contributed by atoms with E-state index < -0.39 is 0 Å². The number of carbonyl (C=O) groups excluding carboxylic acids is 1. The molecule has 3 rings (SSSR count). The first-order valence-corrected chi connectivity index (χ1v) is 11.6. The first-order valence-electron chi connectivity index (χ1n) is 10.8. The molecule has 29 heavy (non-hydrogen) atoms. The van der Waals surface area contributed by atoms with Gasteiger partial charge in [0.15, 0.2) is 0 Å². The molecule has 0 radical (unpaired) electrons. The Bertz CT molecular complexity index is 839. The summed E-state index contributed by atoms with van der Waals surface area (Å²) in [6.07, 6.45) is 2.10. The Hall–Kier alpha value is -1.98. The second-order valence-corrected chi connectivity index (χ2v) is 8.70. The van der Waals surface area contributed by atoms with Crippen molar-refractivity contribution < 1.29 is 4.79 Å². The number of para-hydroxylation sites is 1. The lowest BCUT2D eigenvalue weighted by Gasteiger charge is -2.39. The molecule has 0 bridgehead atoms. The minimum Gasteiger partial charge on any atom is -0.352 e. The summed E-state index contributed by atoms with van der Waals surface area (Å²) in [7, 11) is 0. The van der Waals surface area contributed by atoms with Crippen molar-refractivity contribution >= 4 is 29.0 Å². The number of fused-ring (bicyclic) bond motifs is 2. The van der Waals surface area contributed by atoms with Crippen LogP contribution in [-0.4, -0.2) is 43.0 Å². The zero-order valence-corrected chi connectivity index (χ0v) is 18.9. The highest BCUT2D eigenvalue weighted by Crippen LogP contribution is 2.49. The first-order chi connectivity index (χ1) is 14.1. The molecule has 1 unspecified atom stereocenters. The topological polar surface area (TPSA) is 35.6 Å². The van der Waals surface area contributed by atoms with Gasteiger partial charge in [-0.2, -0.15) is 0 Å². The van der Waals surface area contributed by atoms with Gasteiger partial charge in [0.1, 0.15) is 0 Å². The molecule has 5 heteroatoms. The van der Waals surface area contributed by atoms with Gasteiger partial charge in [-0.3, -0.25) is 4.79 Å². The Labute approximate surface area is 179 Å². The smallest absolute Gasteiger partial charge is 0.251 e. The van der Waals surface area contributed by atoms with Gasteiger partial charge in [-0.1, -0.05) is 44.7 Å². The molecule has 0 fully saturated rings. The van der Waals surface area contributed by atoms with Crippen LogP contribution >= 0.6 is 11.8 Å². The summed E-state index contributed by atoms with van der Waals surface area (Å²) in [6, 6.07) is 15.0. The van der Waals surface area contributed by atoms with Crippen LogP contribution in [0.1, 0.15) is 50.9 Å². The lowest BCUT2D eigenvalue weighted by Crippen LogP contribution is -2.41. The quantitative estimate of drug-likeness (QED) is 0.587. The van der Waals surface area contributed by atoms with E-state index in [4.69, 9.17) is 0 Å². The van der Waals surface area contributed by atoms with E-state index in [0.717, 1.165) is 43.7 Å². The number of hydrogen-bond acceptors (Lipinski definition) is 4. The fourth-order valence-electron chi connectivity index (χ4n) is 3.89. The molecule has 1 N–H and O–H groups in total. The maximum atomic E-state index is 12.6. The van der Waals surface area contributed by atoms with Crippen molar-refractivity contribution in [2.45, 2.75) is 56.4 Å². The average Bonchev–Trinajstić information content (AvgIpc) is 2.74. The minimum absolute atomic E-state index is 0.00674. The molecule has 0 aromatic heterocycles. The Morgan fingerprint density at radius 1 is 1.07 bits per heavy atom. The van der Waals surface area contributed by atoms with Gasteiger partial charge in [-0.05, 0) is 63.2 Å². The number of likely N-dealkylation sites (N-methyl/N-ethyl adjacent to an activating group) is 1. The van der Waals surface area contributed by atoms with Crippen LogP contribution in [0, 0.1) is 0 Å². The number of nitrogens with zero attached hydrogens (tertiary/aromatic N) is 2. The zero-order valence-electron chi connectivity index (χ0n) is 18.1. The number of hydrogen-bond donors (Lipinski definition) is 1. The lowest BCUT2D eigenvalue weighted by molar-refractivity contribution is 0.0953. The maximum absolute atomic E-state index is 12.6. The van der Waals surface area contributed by atoms with E-state index in [1.807, 2.05) is 6.07 Å². The molecule has 1 aliphatic heterocycles. The summed E-state index contributed by atoms with van der Waals surface area (Å²) in [5, 5.41) is 3.00. The third kappa shape index (κ3) is 4.96. The SMILES string of the molecule is CCCNC(=O)c1ccc2c(c1)N(C(C)CN(CC)CCC)c1ccccc1S2. The Morgan fingerprint density at radius 3 is 2.55 bits per heavy atom. The monoisotopic (exact) mass is 411 g/mol. The van der Waals surface area contributed by atoms with Gasteiger partial charge in [-0.15, -0.1) is 0 Å². The van der Waals surface area contributed by atoms with E-state index in [1.165, 1.54) is 15.5 Å². The highest BCUT2D eigenvalue weighted by Gasteiger charge is 2.28. The summed E-state index contributed by atoms with van der Waals surface area (Å²) in [4.78, 5) is 20.0. The Morgan fingerprint density at radius 2 is 1.83 bits per heavy atom. The summed E-state index contributed by atoms with van der Waals surface area (Å²) in [5.41, 5.74) is 3.10. The van der Waals surface area contributed by atoms with Crippen molar-refractivity contribution in [2.24, 2.45) is 0 Å². The number of nitrogens with one attached hydrogen (secondary N) is 1. The molecule has 1 amide bonds. The van der Waals surface area contributed by atoms with Gasteiger partial charge in [0, 0.05) is 34.5 Å². The summed E-state index contributed by atoms with van der Waals surface area (Å²) in [6.45, 7) is 12.7. The molecule has 0 spiro atoms. The Balaban J connectivity index is 1.97. The normalized spacial score (nSPS) is 13.8. The fourth-order valence-corrected chi connectivity index (χ4v) is 4.94. The van der Waals surface area contributed by atoms with E-state index in [2.05, 4.69) is 79.2 Å². The molecule has 156 valence electrons. The molecule has 1 heterocycles. The molecule has 0 aliphatic carbocycles. The summed E-state index contributed by atoms with van der Waals surface area (Å²) in [5.74, 6) is 0.00674. The van der Waals surface area contributed by atoms with Crippen molar-refractivity contribution in [2.75, 3.05) is 31.1 Å². The Kier molecular flexibility index (Phi) is 7.62. The second kappa shape index (κ2) is 10.2. The van der Waals surface area contributed by atoms with Gasteiger partial charge in [0.05, 0.1) is 11.4 Å². The maximum Gasteiger partial charge on any atom is 0.251 e. The standard InChI is InChI=1S/C24H33N3OS/c1-5-14-25-24(28)19-12-13-23-21(16-19)27(18(4)17-26(7-3)15-6-2)20-10-8-9-11-22(20)29-23/h8-13,16,18H,5-7,14-15,17H2,1-4H3,(H,25,28). The van der Waals surface area contributed by atoms with Crippen LogP contribution in [0.5, 0.6) is 0 Å². The highest BCUT2D eigenvalue weighted by molar-refractivity contribution is 7.99. The third-order valence-electron chi connectivity index (χ3n) is 5.31. The van der Waals surface area contributed by atoms with Crippen molar-refractivity contribution in [1.82, 2.24) is 10.2 Å². The minimum atomic E-state index is 0.00674. The largest absolute Gasteiger partial charge is 0.352 e. The number of carbonyl (C=O) groups is 1. The summed E-state index contributed by atoms with van der Waals surface area (Å²) < 4.78 is 0. The van der Waals surface area contributed by atoms with E-state index in [9.17, 15) is 4.79 Å². The summed E-state index contributed by atoms with van der Waals surface area (Å²) >= 11 is 1.79. The van der Waals surface area contributed by atoms with Crippen LogP contribution in [0.15, 0.2) is 52.3 Å². The van der Waals surface area contributed by atoms with Crippen LogP contribution in [0.25, 0.3) is 0 Å². The molecule has 2 aromatic carbocycles. The molecule has 1 atom stereocenters. The van der Waals surface area contributed by atoms with E-state index in [0.29, 0.717) is 12.6 Å². The molecular formula is C24H33N3OS. The van der Waals surface area contributed by atoms with Crippen molar-refractivity contribution in [3.63, 3.8) is 0 Å². The van der Waals surface area contributed by atoms with Gasteiger partial charge >= 0.3 is 0 Å². The number of anilines is 2. The zero-order chi connectivity index (χ0) is 20.8. The van der Waals surface area contributed by atoms with Crippen LogP contribution in [0.4, 0.5) is 11.4 Å². The lowest BCUT2D eigenvalue weighted by atomic mass is 10.1. The third-order valence-corrected chi connectivity index (χ3v) is 6.44. The van der Waals surface area contributed by atoms with Crippen LogP contribution in [-0.2, 0) is 0 Å². The van der Waals surface area contributed by atoms with Gasteiger partial charge in [0.2, 0.25) is 0 Å². The molecule has 0 saturated carbocycles. The van der Waals surface area contributed by atoms with Gasteiger partial charge in [-0.25, -0.2) is 0 Å². The average molecular weight is 412 g/mol. The fraction of sp³-hybridized carbons (Fsp3) is 0.458. The van der Waals surface area contributed by atoms with Gasteiger partial charge < -0.3 is 15.1 Å². The van der Waals surface area contributed by atoms with E-state index in [1.54, 1.807) is 11.8 Å². The van der Waals surface area contributed by atoms with Crippen LogP contribution in [0.2, 0.25) is 0 Å². The molecule has 0 saturated heterocycles. The highest BCUT2D eigenvalue weighted by atomic mass is 32.2. The second-order valence-electron chi connectivity index (χ2n) is 7.62. The molecular weight excluding hydrogens is 378 g/mol. The number of amides is 1. The molecule has 1 aliphatic rings. The van der Waals surface area contributed by atoms with E-state index >= 15 is 0 Å². The van der Waals surface area contributed by atoms with Crippen molar-refractivity contribution in [1.29, 1.82) is 0 Å². The molecule has 2 aromatic rings. The predicted molar refractivity (Wildman–Crippen MR) is 124 cm³/mol. The van der Waals surface area contributed by atoms with Crippen molar-refractivity contribution in [3.05, 3.63) is 48.0 Å².